The van der Waals surface area contributed by atoms with Crippen LogP contribution in [0.1, 0.15) is 17.6 Å². The number of ether oxygens (including phenoxy) is 1. The monoisotopic (exact) mass is 586 g/mol. The third-order valence-corrected chi connectivity index (χ3v) is 8.11. The maximum atomic E-state index is 14.0. The summed E-state index contributed by atoms with van der Waals surface area (Å²) in [6.07, 6.45) is 1.79. The van der Waals surface area contributed by atoms with Gasteiger partial charge in [0.1, 0.15) is 6.04 Å². The number of phenolic OH excluding ortho intramolecular Hbond substituents is 1. The van der Waals surface area contributed by atoms with E-state index in [2.05, 4.69) is 0 Å². The van der Waals surface area contributed by atoms with Crippen LogP contribution in [0.5, 0.6) is 11.5 Å². The molecule has 0 aliphatic carbocycles. The number of aromatic hydroxyl groups is 1. The summed E-state index contributed by atoms with van der Waals surface area (Å²) in [7, 11) is 1.37. The largest absolute Gasteiger partial charge is 0.503 e. The van der Waals surface area contributed by atoms with Crippen molar-refractivity contribution in [2.75, 3.05) is 7.11 Å². The Bertz CT molecular complexity index is 2150. The number of phenols is 1. The molecule has 2 atom stereocenters. The van der Waals surface area contributed by atoms with Gasteiger partial charge >= 0.3 is 22.8 Å². The standard InChI is InChI=1S/C29H23ClN6O6/c1-42-23-15-17(14-21(30)25(23)37)24-20-12-13-31-26(38)33(18-8-4-2-5-9-18)28(40)35(31)22(20)16-32-27(39)34(29(41)36(24)32)19-10-6-3-7-11-19/h2-12,14-15,22,24,37H,13,16H2,1H3/t22-,24+/m1/s1. The van der Waals surface area contributed by atoms with Crippen LogP contribution in [-0.2, 0) is 13.1 Å². The summed E-state index contributed by atoms with van der Waals surface area (Å²) in [6.45, 7) is -0.0328. The van der Waals surface area contributed by atoms with Crippen molar-refractivity contribution < 1.29 is 9.84 Å². The molecule has 12 nitrogen and oxygen atoms in total. The molecule has 0 unspecified atom stereocenters. The van der Waals surface area contributed by atoms with E-state index in [0.717, 1.165) is 9.13 Å². The smallest absolute Gasteiger partial charge is 0.352 e. The molecule has 0 fully saturated rings. The van der Waals surface area contributed by atoms with Crippen molar-refractivity contribution in [3.05, 3.63) is 137 Å². The van der Waals surface area contributed by atoms with Gasteiger partial charge in [0.2, 0.25) is 0 Å². The molecule has 42 heavy (non-hydrogen) atoms. The predicted molar refractivity (Wildman–Crippen MR) is 154 cm³/mol. The lowest BCUT2D eigenvalue weighted by Crippen LogP contribution is -2.46. The number of hydrogen-bond acceptors (Lipinski definition) is 6. The van der Waals surface area contributed by atoms with E-state index in [1.54, 1.807) is 66.7 Å². The minimum atomic E-state index is -0.920. The molecule has 2 aromatic heterocycles. The van der Waals surface area contributed by atoms with Crippen molar-refractivity contribution in [2.24, 2.45) is 0 Å². The molecule has 0 saturated heterocycles. The molecule has 0 spiro atoms. The minimum Gasteiger partial charge on any atom is -0.503 e. The third kappa shape index (κ3) is 3.54. The molecule has 2 aliphatic rings. The van der Waals surface area contributed by atoms with E-state index in [1.807, 2.05) is 0 Å². The van der Waals surface area contributed by atoms with Gasteiger partial charge in [-0.15, -0.1) is 0 Å². The Labute approximate surface area is 241 Å². The Morgan fingerprint density at radius 2 is 1.36 bits per heavy atom. The number of nitrogens with zero attached hydrogens (tertiary/aromatic N) is 6. The summed E-state index contributed by atoms with van der Waals surface area (Å²) in [6, 6.07) is 18.4. The van der Waals surface area contributed by atoms with Gasteiger partial charge in [-0.1, -0.05) is 54.1 Å². The van der Waals surface area contributed by atoms with Crippen molar-refractivity contribution in [2.45, 2.75) is 25.2 Å². The van der Waals surface area contributed by atoms with E-state index >= 15 is 0 Å². The molecule has 212 valence electrons. The number of methoxy groups -OCH3 is 1. The summed E-state index contributed by atoms with van der Waals surface area (Å²) in [4.78, 5) is 55.2. The second-order valence-electron chi connectivity index (χ2n) is 10.0. The second-order valence-corrected chi connectivity index (χ2v) is 10.4. The molecule has 7 rings (SSSR count). The average Bonchev–Trinajstić information content (AvgIpc) is 3.41. The van der Waals surface area contributed by atoms with Gasteiger partial charge in [0, 0.05) is 0 Å². The van der Waals surface area contributed by atoms with E-state index in [-0.39, 0.29) is 29.6 Å². The number of allylic oxidation sites excluding steroid dienone is 2. The number of aromatic nitrogens is 6. The molecule has 0 saturated carbocycles. The van der Waals surface area contributed by atoms with Gasteiger partial charge in [-0.25, -0.2) is 47.0 Å². The molecular formula is C29H23ClN6O6. The summed E-state index contributed by atoms with van der Waals surface area (Å²) < 4.78 is 12.8. The summed E-state index contributed by atoms with van der Waals surface area (Å²) in [5.41, 5.74) is -0.467. The number of benzene rings is 3. The second kappa shape index (κ2) is 9.42. The van der Waals surface area contributed by atoms with Crippen molar-refractivity contribution in [3.63, 3.8) is 0 Å². The molecule has 0 amide bonds. The Morgan fingerprint density at radius 3 is 1.95 bits per heavy atom. The lowest BCUT2D eigenvalue weighted by atomic mass is 9.90. The quantitative estimate of drug-likeness (QED) is 0.321. The molecule has 0 radical (unpaired) electrons. The predicted octanol–water partition coefficient (Wildman–Crippen LogP) is 2.07. The van der Waals surface area contributed by atoms with Crippen LogP contribution in [-0.4, -0.2) is 40.1 Å². The fraction of sp³-hybridized carbons (Fsp3) is 0.172. The molecule has 3 aromatic carbocycles. The number of rotatable bonds is 4. The molecule has 5 aromatic rings. The number of halogens is 1. The fourth-order valence-corrected chi connectivity index (χ4v) is 6.18. The van der Waals surface area contributed by atoms with E-state index < -0.39 is 34.8 Å². The van der Waals surface area contributed by atoms with Gasteiger partial charge in [0.05, 0.1) is 42.6 Å². The van der Waals surface area contributed by atoms with Crippen LogP contribution in [0.25, 0.3) is 11.4 Å². The Balaban J connectivity index is 1.51. The number of fused-ring (bicyclic) bond motifs is 4. The van der Waals surface area contributed by atoms with Crippen LogP contribution in [0.3, 0.4) is 0 Å². The van der Waals surface area contributed by atoms with Crippen LogP contribution < -0.4 is 27.5 Å². The SMILES string of the molecule is COc1cc([C@H]2C3=CCn4c(=O)n(-c5ccccc5)c(=O)n4[C@@H]3Cn3c(=O)n(-c4ccccc4)c(=O)n32)cc(Cl)c1O. The molecule has 13 heteroatoms. The first-order valence-electron chi connectivity index (χ1n) is 13.1. The van der Waals surface area contributed by atoms with E-state index in [1.165, 1.54) is 38.0 Å². The average molecular weight is 587 g/mol. The van der Waals surface area contributed by atoms with Gasteiger partial charge in [0.25, 0.3) is 0 Å². The first-order valence-corrected chi connectivity index (χ1v) is 13.5. The lowest BCUT2D eigenvalue weighted by Gasteiger charge is -2.37. The van der Waals surface area contributed by atoms with Gasteiger partial charge in [0.15, 0.2) is 11.5 Å². The number of para-hydroxylation sites is 2. The highest BCUT2D eigenvalue weighted by Gasteiger charge is 2.42. The van der Waals surface area contributed by atoms with Crippen molar-refractivity contribution >= 4 is 11.6 Å². The molecule has 0 bridgehead atoms. The topological polar surface area (TPSA) is 127 Å². The highest BCUT2D eigenvalue weighted by atomic mass is 35.5. The summed E-state index contributed by atoms with van der Waals surface area (Å²) in [5, 5.41) is 10.4. The fourth-order valence-electron chi connectivity index (χ4n) is 5.96. The van der Waals surface area contributed by atoms with E-state index in [4.69, 9.17) is 16.3 Å². The zero-order valence-electron chi connectivity index (χ0n) is 22.1. The van der Waals surface area contributed by atoms with Crippen LogP contribution in [0.15, 0.2) is 104 Å². The van der Waals surface area contributed by atoms with Gasteiger partial charge in [-0.05, 0) is 47.5 Å². The summed E-state index contributed by atoms with van der Waals surface area (Å²) in [5.74, 6) is -0.200. The molecule has 4 heterocycles. The van der Waals surface area contributed by atoms with E-state index in [0.29, 0.717) is 22.5 Å². The Hall–Kier alpha value is -5.23. The molecule has 1 N–H and O–H groups in total. The van der Waals surface area contributed by atoms with Crippen LogP contribution in [0, 0.1) is 0 Å². The Kier molecular flexibility index (Phi) is 5.77. The van der Waals surface area contributed by atoms with Crippen molar-refractivity contribution in [1.29, 1.82) is 0 Å². The maximum absolute atomic E-state index is 14.0. The van der Waals surface area contributed by atoms with Crippen LogP contribution >= 0.6 is 11.6 Å². The zero-order valence-corrected chi connectivity index (χ0v) is 22.9. The number of hydrogen-bond donors (Lipinski definition) is 1. The minimum absolute atomic E-state index is 0.0170. The Morgan fingerprint density at radius 1 is 0.786 bits per heavy atom. The van der Waals surface area contributed by atoms with Crippen molar-refractivity contribution in [1.82, 2.24) is 27.9 Å². The first-order chi connectivity index (χ1) is 20.3. The highest BCUT2D eigenvalue weighted by Crippen LogP contribution is 2.43. The van der Waals surface area contributed by atoms with Gasteiger partial charge in [-0.2, -0.15) is 0 Å². The van der Waals surface area contributed by atoms with Crippen LogP contribution in [0.2, 0.25) is 5.02 Å². The lowest BCUT2D eigenvalue weighted by molar-refractivity contribution is 0.245. The summed E-state index contributed by atoms with van der Waals surface area (Å²) >= 11 is 6.38. The molecular weight excluding hydrogens is 564 g/mol. The van der Waals surface area contributed by atoms with Crippen LogP contribution in [0.4, 0.5) is 0 Å². The van der Waals surface area contributed by atoms with Gasteiger partial charge in [-0.3, -0.25) is 0 Å². The van der Waals surface area contributed by atoms with Crippen molar-refractivity contribution in [3.8, 4) is 22.9 Å². The normalized spacial score (nSPS) is 17.2. The first kappa shape index (κ1) is 25.7. The van der Waals surface area contributed by atoms with E-state index in [9.17, 15) is 24.3 Å². The van der Waals surface area contributed by atoms with Gasteiger partial charge < -0.3 is 9.84 Å². The third-order valence-electron chi connectivity index (χ3n) is 7.82. The highest BCUT2D eigenvalue weighted by molar-refractivity contribution is 6.32. The molecule has 2 aliphatic heterocycles. The maximum Gasteiger partial charge on any atom is 0.352 e. The zero-order chi connectivity index (χ0) is 29.3.